The summed E-state index contributed by atoms with van der Waals surface area (Å²) in [4.78, 5) is 38.7. The Morgan fingerprint density at radius 2 is 1.58 bits per heavy atom. The molecule has 1 unspecified atom stereocenters. The number of ketones is 1. The molecule has 7 heteroatoms. The number of hydrogen-bond acceptors (Lipinski definition) is 5. The third-order valence-corrected chi connectivity index (χ3v) is 5.42. The van der Waals surface area contributed by atoms with E-state index >= 15 is 0 Å². The highest BCUT2D eigenvalue weighted by atomic mass is 16.6. The maximum Gasteiger partial charge on any atom is 0.290 e. The number of nitro benzene ring substituents is 1. The van der Waals surface area contributed by atoms with Gasteiger partial charge in [-0.1, -0.05) is 78.9 Å². The van der Waals surface area contributed by atoms with Gasteiger partial charge < -0.3 is 10.0 Å². The van der Waals surface area contributed by atoms with Crippen LogP contribution >= 0.6 is 0 Å². The normalized spacial score (nSPS) is 15.9. The number of allylic oxidation sites excluding steroid dienone is 1. The molecule has 1 N–H and O–H groups in total. The number of rotatable bonds is 7. The van der Waals surface area contributed by atoms with E-state index < -0.39 is 28.4 Å². The highest BCUT2D eigenvalue weighted by molar-refractivity contribution is 6.14. The molecule has 1 heterocycles. The fraction of sp³-hybridized carbons (Fsp3) is 0.0769. The number of benzene rings is 3. The molecule has 164 valence electrons. The van der Waals surface area contributed by atoms with Crippen molar-refractivity contribution in [1.82, 2.24) is 4.90 Å². The van der Waals surface area contributed by atoms with E-state index in [1.165, 1.54) is 29.2 Å². The van der Waals surface area contributed by atoms with Crippen LogP contribution < -0.4 is 0 Å². The lowest BCUT2D eigenvalue weighted by Crippen LogP contribution is -2.31. The van der Waals surface area contributed by atoms with Crippen molar-refractivity contribution in [2.45, 2.75) is 12.6 Å². The van der Waals surface area contributed by atoms with Gasteiger partial charge in [0.15, 0.2) is 11.5 Å². The number of aliphatic hydroxyl groups excluding tert-OH is 1. The number of nitro groups is 1. The molecule has 33 heavy (non-hydrogen) atoms. The van der Waals surface area contributed by atoms with Crippen LogP contribution in [0.15, 0.2) is 102 Å². The van der Waals surface area contributed by atoms with Gasteiger partial charge in [0.1, 0.15) is 0 Å². The largest absolute Gasteiger partial charge is 0.503 e. The molecule has 3 aromatic rings. The first-order chi connectivity index (χ1) is 16.0. The lowest BCUT2D eigenvalue weighted by atomic mass is 9.94. The summed E-state index contributed by atoms with van der Waals surface area (Å²) in [5.74, 6) is -2.04. The lowest BCUT2D eigenvalue weighted by molar-refractivity contribution is -0.385. The first-order valence-corrected chi connectivity index (χ1v) is 10.3. The zero-order chi connectivity index (χ0) is 23.4. The van der Waals surface area contributed by atoms with Crippen molar-refractivity contribution in [3.63, 3.8) is 0 Å². The van der Waals surface area contributed by atoms with E-state index in [9.17, 15) is 24.8 Å². The van der Waals surface area contributed by atoms with Gasteiger partial charge in [-0.2, -0.15) is 0 Å². The van der Waals surface area contributed by atoms with Crippen molar-refractivity contribution in [1.29, 1.82) is 0 Å². The van der Waals surface area contributed by atoms with Gasteiger partial charge in [-0.25, -0.2) is 0 Å². The van der Waals surface area contributed by atoms with Crippen molar-refractivity contribution in [2.75, 3.05) is 0 Å². The second-order valence-electron chi connectivity index (χ2n) is 7.51. The van der Waals surface area contributed by atoms with Gasteiger partial charge in [0.2, 0.25) is 0 Å². The van der Waals surface area contributed by atoms with Crippen molar-refractivity contribution >= 4 is 23.5 Å². The fourth-order valence-electron chi connectivity index (χ4n) is 3.88. The van der Waals surface area contributed by atoms with E-state index in [2.05, 4.69) is 0 Å². The Hall–Kier alpha value is -4.52. The molecule has 1 amide bonds. The van der Waals surface area contributed by atoms with Crippen LogP contribution in [0.3, 0.4) is 0 Å². The van der Waals surface area contributed by atoms with Gasteiger partial charge in [-0.05, 0) is 23.3 Å². The van der Waals surface area contributed by atoms with Crippen molar-refractivity contribution in [3.05, 3.63) is 129 Å². The smallest absolute Gasteiger partial charge is 0.290 e. The van der Waals surface area contributed by atoms with Crippen LogP contribution in [0.5, 0.6) is 0 Å². The van der Waals surface area contributed by atoms with Gasteiger partial charge in [-0.15, -0.1) is 0 Å². The molecule has 7 nitrogen and oxygen atoms in total. The third kappa shape index (κ3) is 4.43. The first kappa shape index (κ1) is 21.7. The molecular formula is C26H20N2O5. The summed E-state index contributed by atoms with van der Waals surface area (Å²) in [5.41, 5.74) is 1.26. The molecule has 1 aliphatic heterocycles. The summed E-state index contributed by atoms with van der Waals surface area (Å²) < 4.78 is 0. The average molecular weight is 440 g/mol. The number of para-hydroxylation sites is 1. The predicted molar refractivity (Wildman–Crippen MR) is 123 cm³/mol. The van der Waals surface area contributed by atoms with Gasteiger partial charge in [0, 0.05) is 12.6 Å². The molecule has 0 aliphatic carbocycles. The number of carbonyl (C=O) groups excluding carboxylic acids is 2. The molecular weight excluding hydrogens is 420 g/mol. The van der Waals surface area contributed by atoms with E-state index in [4.69, 9.17) is 0 Å². The van der Waals surface area contributed by atoms with Crippen molar-refractivity contribution in [3.8, 4) is 0 Å². The van der Waals surface area contributed by atoms with Crippen LogP contribution in [0, 0.1) is 10.1 Å². The summed E-state index contributed by atoms with van der Waals surface area (Å²) in [6, 6.07) is 23.0. The Bertz CT molecular complexity index is 1270. The molecule has 0 aromatic heterocycles. The molecule has 1 aliphatic rings. The third-order valence-electron chi connectivity index (χ3n) is 5.42. The summed E-state index contributed by atoms with van der Waals surface area (Å²) in [6.45, 7) is 0.0691. The number of hydrogen-bond donors (Lipinski definition) is 1. The number of amides is 1. The fourth-order valence-corrected chi connectivity index (χ4v) is 3.88. The second-order valence-corrected chi connectivity index (χ2v) is 7.51. The minimum absolute atomic E-state index is 0.0691. The molecule has 0 bridgehead atoms. The number of aliphatic hydroxyl groups is 1. The maximum atomic E-state index is 13.2. The maximum absolute atomic E-state index is 13.2. The molecule has 0 radical (unpaired) electrons. The summed E-state index contributed by atoms with van der Waals surface area (Å²) in [5, 5.41) is 22.4. The minimum Gasteiger partial charge on any atom is -0.503 e. The van der Waals surface area contributed by atoms with Crippen LogP contribution in [0.1, 0.15) is 22.7 Å². The predicted octanol–water partition coefficient (Wildman–Crippen LogP) is 4.77. The molecule has 0 saturated carbocycles. The first-order valence-electron chi connectivity index (χ1n) is 10.3. The van der Waals surface area contributed by atoms with E-state index in [1.807, 2.05) is 24.3 Å². The summed E-state index contributed by atoms with van der Waals surface area (Å²) in [7, 11) is 0. The van der Waals surface area contributed by atoms with E-state index in [-0.39, 0.29) is 23.4 Å². The quantitative estimate of drug-likeness (QED) is 0.324. The molecule has 0 fully saturated rings. The van der Waals surface area contributed by atoms with Gasteiger partial charge in [0.25, 0.3) is 11.6 Å². The molecule has 1 atom stereocenters. The van der Waals surface area contributed by atoms with E-state index in [0.29, 0.717) is 0 Å². The summed E-state index contributed by atoms with van der Waals surface area (Å²) in [6.07, 6.45) is 2.84. The van der Waals surface area contributed by atoms with E-state index in [0.717, 1.165) is 11.1 Å². The van der Waals surface area contributed by atoms with Gasteiger partial charge >= 0.3 is 0 Å². The Balaban J connectivity index is 1.79. The van der Waals surface area contributed by atoms with Crippen molar-refractivity contribution < 1.29 is 19.6 Å². The second kappa shape index (κ2) is 9.32. The van der Waals surface area contributed by atoms with Crippen LogP contribution in [0.25, 0.3) is 6.08 Å². The molecule has 0 saturated heterocycles. The van der Waals surface area contributed by atoms with Crippen LogP contribution in [0.4, 0.5) is 5.69 Å². The van der Waals surface area contributed by atoms with Crippen LogP contribution in [-0.4, -0.2) is 26.6 Å². The average Bonchev–Trinajstić information content (AvgIpc) is 3.08. The van der Waals surface area contributed by atoms with Crippen LogP contribution in [0.2, 0.25) is 0 Å². The standard InChI is InChI=1S/C26H20N2O5/c29-22(16-15-18-9-3-1-4-10-18)23-24(20-13-7-8-14-21(20)28(32)33)27(26(31)25(23)30)17-19-11-5-2-6-12-19/h1-16,24,30H,17H2/b16-15+. The highest BCUT2D eigenvalue weighted by Crippen LogP contribution is 2.42. The van der Waals surface area contributed by atoms with Crippen LogP contribution in [-0.2, 0) is 16.1 Å². The Kier molecular flexibility index (Phi) is 6.13. The molecule has 3 aromatic carbocycles. The Morgan fingerprint density at radius 1 is 0.970 bits per heavy atom. The Morgan fingerprint density at radius 3 is 2.24 bits per heavy atom. The molecule has 4 rings (SSSR count). The summed E-state index contributed by atoms with van der Waals surface area (Å²) >= 11 is 0. The highest BCUT2D eigenvalue weighted by Gasteiger charge is 2.45. The molecule has 0 spiro atoms. The topological polar surface area (TPSA) is 101 Å². The number of carbonyl (C=O) groups is 2. The monoisotopic (exact) mass is 440 g/mol. The zero-order valence-corrected chi connectivity index (χ0v) is 17.5. The SMILES string of the molecule is O=C(/C=C/c1ccccc1)C1=C(O)C(=O)N(Cc2ccccc2)C1c1ccccc1[N+](=O)[O-]. The zero-order valence-electron chi connectivity index (χ0n) is 17.5. The lowest BCUT2D eigenvalue weighted by Gasteiger charge is -2.26. The number of nitrogens with zero attached hydrogens (tertiary/aromatic N) is 2. The van der Waals surface area contributed by atoms with Gasteiger partial charge in [0.05, 0.1) is 22.1 Å². The Labute approximate surface area is 190 Å². The van der Waals surface area contributed by atoms with E-state index in [1.54, 1.807) is 48.5 Å². The van der Waals surface area contributed by atoms with Gasteiger partial charge in [-0.3, -0.25) is 19.7 Å². The minimum atomic E-state index is -1.10. The van der Waals surface area contributed by atoms with Crippen molar-refractivity contribution in [2.24, 2.45) is 0 Å².